The average Bonchev–Trinajstić information content (AvgIpc) is 3.10. The molecule has 9 nitrogen and oxygen atoms in total. The van der Waals surface area contributed by atoms with E-state index >= 15 is 0 Å². The minimum Gasteiger partial charge on any atom is -0.476 e. The highest BCUT2D eigenvalue weighted by molar-refractivity contribution is 7.87. The third-order valence-corrected chi connectivity index (χ3v) is 6.18. The highest BCUT2D eigenvalue weighted by atomic mass is 32.2. The summed E-state index contributed by atoms with van der Waals surface area (Å²) in [4.78, 5) is 37.3. The summed E-state index contributed by atoms with van der Waals surface area (Å²) in [6.45, 7) is 0. The van der Waals surface area contributed by atoms with Crippen LogP contribution < -0.4 is 5.32 Å². The van der Waals surface area contributed by atoms with Crippen molar-refractivity contribution in [1.29, 1.82) is 0 Å². The fourth-order valence-corrected chi connectivity index (χ4v) is 4.31. The van der Waals surface area contributed by atoms with Crippen molar-refractivity contribution in [1.82, 2.24) is 10.2 Å². The molecule has 0 radical (unpaired) electrons. The molecule has 2 aliphatic heterocycles. The molecule has 1 fully saturated rings. The monoisotopic (exact) mass is 454 g/mol. The van der Waals surface area contributed by atoms with Gasteiger partial charge < -0.3 is 14.6 Å². The number of amides is 2. The molecule has 0 spiro atoms. The minimum absolute atomic E-state index is 0.00792. The summed E-state index contributed by atoms with van der Waals surface area (Å²) < 4.78 is 64.0. The Hall–Kier alpha value is -2.61. The van der Waals surface area contributed by atoms with E-state index in [9.17, 15) is 41.1 Å². The van der Waals surface area contributed by atoms with Crippen LogP contribution in [0.4, 0.5) is 13.2 Å². The van der Waals surface area contributed by atoms with Crippen LogP contribution in [-0.2, 0) is 35.1 Å². The predicted octanol–water partition coefficient (Wildman–Crippen LogP) is 0.942. The van der Waals surface area contributed by atoms with Crippen molar-refractivity contribution in [3.05, 3.63) is 33.8 Å². The number of nitrogens with one attached hydrogen (secondary N) is 1. The Morgan fingerprint density at radius 3 is 2.62 bits per heavy atom. The SMILES string of the molecule is O=C(Cc1cccs1)N[C@@H]1C(=O)N2C(C(=O)O)=C(OS(=O)(=O)C(F)(F)F)CC[C@H]12. The second-order valence-corrected chi connectivity index (χ2v) is 8.75. The van der Waals surface area contributed by atoms with E-state index < -0.39 is 63.4 Å². The van der Waals surface area contributed by atoms with E-state index in [1.165, 1.54) is 11.3 Å². The number of rotatable bonds is 6. The first-order chi connectivity index (χ1) is 13.4. The van der Waals surface area contributed by atoms with Crippen LogP contribution in [0.5, 0.6) is 0 Å². The van der Waals surface area contributed by atoms with Crippen molar-refractivity contribution < 1.29 is 45.3 Å². The molecule has 1 saturated heterocycles. The maximum Gasteiger partial charge on any atom is 0.534 e. The molecule has 1 aromatic heterocycles. The maximum absolute atomic E-state index is 12.5. The third-order valence-electron chi connectivity index (χ3n) is 4.32. The van der Waals surface area contributed by atoms with Crippen LogP contribution in [0.2, 0.25) is 0 Å². The van der Waals surface area contributed by atoms with E-state index in [1.807, 2.05) is 0 Å². The molecule has 3 rings (SSSR count). The number of hydrogen-bond acceptors (Lipinski definition) is 7. The van der Waals surface area contributed by atoms with E-state index in [4.69, 9.17) is 0 Å². The number of carboxylic acid groups (broad SMARTS) is 1. The molecule has 3 heterocycles. The molecule has 2 atom stereocenters. The smallest absolute Gasteiger partial charge is 0.476 e. The number of halogens is 3. The van der Waals surface area contributed by atoms with Gasteiger partial charge in [0, 0.05) is 11.3 Å². The zero-order chi connectivity index (χ0) is 21.6. The Morgan fingerprint density at radius 2 is 2.07 bits per heavy atom. The molecule has 2 aliphatic rings. The van der Waals surface area contributed by atoms with E-state index in [-0.39, 0.29) is 12.8 Å². The molecule has 0 unspecified atom stereocenters. The molecule has 0 bridgehead atoms. The quantitative estimate of drug-likeness (QED) is 0.372. The highest BCUT2D eigenvalue weighted by Crippen LogP contribution is 2.39. The van der Waals surface area contributed by atoms with Gasteiger partial charge in [-0.1, -0.05) is 6.07 Å². The van der Waals surface area contributed by atoms with Gasteiger partial charge in [-0.15, -0.1) is 11.3 Å². The van der Waals surface area contributed by atoms with Crippen LogP contribution in [0, 0.1) is 0 Å². The number of alkyl halides is 3. The molecule has 1 aromatic rings. The summed E-state index contributed by atoms with van der Waals surface area (Å²) in [5.74, 6) is -4.16. The van der Waals surface area contributed by atoms with Crippen molar-refractivity contribution in [3.8, 4) is 0 Å². The Balaban J connectivity index is 1.78. The zero-order valence-electron chi connectivity index (χ0n) is 14.3. The summed E-state index contributed by atoms with van der Waals surface area (Å²) in [7, 11) is -6.09. The second kappa shape index (κ2) is 7.33. The third kappa shape index (κ3) is 3.94. The minimum atomic E-state index is -6.09. The van der Waals surface area contributed by atoms with Crippen molar-refractivity contribution in [2.24, 2.45) is 0 Å². The molecule has 2 N–H and O–H groups in total. The first kappa shape index (κ1) is 21.1. The van der Waals surface area contributed by atoms with E-state index in [0.717, 1.165) is 4.88 Å². The summed E-state index contributed by atoms with van der Waals surface area (Å²) in [5, 5.41) is 13.5. The topological polar surface area (TPSA) is 130 Å². The summed E-state index contributed by atoms with van der Waals surface area (Å²) in [5.41, 5.74) is -6.74. The average molecular weight is 454 g/mol. The lowest BCUT2D eigenvalue weighted by Crippen LogP contribution is -2.71. The fraction of sp³-hybridized carbons (Fsp3) is 0.400. The van der Waals surface area contributed by atoms with Crippen LogP contribution in [0.25, 0.3) is 0 Å². The molecular formula is C15H13F3N2O7S2. The van der Waals surface area contributed by atoms with Gasteiger partial charge in [-0.05, 0) is 17.9 Å². The number of aliphatic carboxylic acids is 1. The van der Waals surface area contributed by atoms with Gasteiger partial charge in [-0.2, -0.15) is 21.6 Å². The molecular weight excluding hydrogens is 441 g/mol. The number of allylic oxidation sites excluding steroid dienone is 1. The number of carbonyl (C=O) groups is 3. The van der Waals surface area contributed by atoms with Gasteiger partial charge in [0.1, 0.15) is 6.04 Å². The normalized spacial score (nSPS) is 22.0. The lowest BCUT2D eigenvalue weighted by atomic mass is 9.85. The van der Waals surface area contributed by atoms with Crippen LogP contribution in [0.1, 0.15) is 17.7 Å². The Morgan fingerprint density at radius 1 is 1.38 bits per heavy atom. The zero-order valence-corrected chi connectivity index (χ0v) is 15.9. The van der Waals surface area contributed by atoms with Gasteiger partial charge in [-0.3, -0.25) is 14.5 Å². The number of β-lactam (4-membered cyclic amide) rings is 1. The standard InChI is InChI=1S/C15H13F3N2O7S2/c16-15(17,18)29(25,26)27-9-4-3-8-11(13(22)20(8)12(9)14(23)24)19-10(21)6-7-2-1-5-28-7/h1-2,5,8,11H,3-4,6H2,(H,19,21)(H,23,24)/t8-,11+/m1/s1. The summed E-state index contributed by atoms with van der Waals surface area (Å²) >= 11 is 1.33. The molecule has 0 aromatic carbocycles. The number of fused-ring (bicyclic) bond motifs is 1. The predicted molar refractivity (Wildman–Crippen MR) is 90.5 cm³/mol. The Labute approximate surface area is 165 Å². The Kier molecular flexibility index (Phi) is 5.34. The molecule has 158 valence electrons. The van der Waals surface area contributed by atoms with E-state index in [1.54, 1.807) is 17.5 Å². The Bertz CT molecular complexity index is 986. The lowest BCUT2D eigenvalue weighted by Gasteiger charge is -2.49. The number of thiophene rings is 1. The summed E-state index contributed by atoms with van der Waals surface area (Å²) in [6, 6.07) is 1.57. The van der Waals surface area contributed by atoms with Crippen molar-refractivity contribution in [3.63, 3.8) is 0 Å². The maximum atomic E-state index is 12.5. The molecule has 14 heteroatoms. The van der Waals surface area contributed by atoms with Gasteiger partial charge in [-0.25, -0.2) is 4.79 Å². The van der Waals surface area contributed by atoms with Gasteiger partial charge in [0.25, 0.3) is 5.91 Å². The number of carbonyl (C=O) groups excluding carboxylic acids is 2. The van der Waals surface area contributed by atoms with E-state index in [0.29, 0.717) is 4.90 Å². The van der Waals surface area contributed by atoms with Crippen LogP contribution in [0.15, 0.2) is 29.0 Å². The van der Waals surface area contributed by atoms with Gasteiger partial charge in [0.05, 0.1) is 12.5 Å². The van der Waals surface area contributed by atoms with Crippen molar-refractivity contribution in [2.75, 3.05) is 0 Å². The van der Waals surface area contributed by atoms with Crippen molar-refractivity contribution >= 4 is 39.2 Å². The molecule has 0 saturated carbocycles. The first-order valence-electron chi connectivity index (χ1n) is 8.04. The van der Waals surface area contributed by atoms with Gasteiger partial charge in [0.15, 0.2) is 11.5 Å². The summed E-state index contributed by atoms with van der Waals surface area (Å²) in [6.07, 6.45) is -0.550. The highest BCUT2D eigenvalue weighted by Gasteiger charge is 2.56. The first-order valence-corrected chi connectivity index (χ1v) is 10.3. The molecule has 2 amide bonds. The van der Waals surface area contributed by atoms with Crippen LogP contribution in [0.3, 0.4) is 0 Å². The van der Waals surface area contributed by atoms with Gasteiger partial charge in [0.2, 0.25) is 5.91 Å². The largest absolute Gasteiger partial charge is 0.534 e. The number of nitrogens with zero attached hydrogens (tertiary/aromatic N) is 1. The fourth-order valence-electron chi connectivity index (χ4n) is 3.09. The van der Waals surface area contributed by atoms with Gasteiger partial charge >= 0.3 is 21.6 Å². The number of hydrogen-bond donors (Lipinski definition) is 2. The van der Waals surface area contributed by atoms with Crippen molar-refractivity contribution in [2.45, 2.75) is 36.9 Å². The lowest BCUT2D eigenvalue weighted by molar-refractivity contribution is -0.156. The number of carboxylic acids is 1. The van der Waals surface area contributed by atoms with Crippen LogP contribution >= 0.6 is 11.3 Å². The molecule has 29 heavy (non-hydrogen) atoms. The van der Waals surface area contributed by atoms with Crippen LogP contribution in [-0.4, -0.2) is 53.8 Å². The van der Waals surface area contributed by atoms with E-state index in [2.05, 4.69) is 9.50 Å². The molecule has 0 aliphatic carbocycles. The second-order valence-electron chi connectivity index (χ2n) is 6.18.